The van der Waals surface area contributed by atoms with Gasteiger partial charge in [0.1, 0.15) is 28.5 Å². The van der Waals surface area contributed by atoms with Crippen molar-refractivity contribution in [3.63, 3.8) is 0 Å². The van der Waals surface area contributed by atoms with E-state index in [1.165, 1.54) is 22.9 Å². The Hall–Kier alpha value is -3.10. The molecule has 0 atom stereocenters. The van der Waals surface area contributed by atoms with E-state index in [2.05, 4.69) is 30.9 Å². The Morgan fingerprint density at radius 3 is 2.49 bits per heavy atom. The number of pyridine rings is 2. The van der Waals surface area contributed by atoms with Crippen molar-refractivity contribution in [2.24, 2.45) is 0 Å². The molecule has 3 heterocycles. The van der Waals surface area contributed by atoms with Gasteiger partial charge in [0.05, 0.1) is 22.1 Å². The summed E-state index contributed by atoms with van der Waals surface area (Å²) in [7, 11) is 0. The van der Waals surface area contributed by atoms with Crippen LogP contribution < -0.4 is 10.3 Å². The second kappa shape index (κ2) is 9.87. The standard InChI is InChI=1S/C26H23BrClFN4O2/c1-15-11-22(35-14-16-5-7-17(29)8-6-16)23(27)24(34)33(15)21-12-20(31-13-18(21)28)19-9-10-30-25(32-19)26(2,3)4/h5-13H,14H2,1-4H3. The van der Waals surface area contributed by atoms with Crippen molar-refractivity contribution >= 4 is 27.5 Å². The summed E-state index contributed by atoms with van der Waals surface area (Å²) in [5.74, 6) is 0.745. The van der Waals surface area contributed by atoms with Gasteiger partial charge in [0, 0.05) is 29.6 Å². The van der Waals surface area contributed by atoms with Crippen molar-refractivity contribution < 1.29 is 9.13 Å². The average molecular weight is 558 g/mol. The summed E-state index contributed by atoms with van der Waals surface area (Å²) in [5, 5.41) is 0.316. The number of aryl methyl sites for hydroxylation is 1. The first kappa shape index (κ1) is 25.0. The average Bonchev–Trinajstić information content (AvgIpc) is 2.82. The Morgan fingerprint density at radius 1 is 1.09 bits per heavy atom. The largest absolute Gasteiger partial charge is 0.487 e. The first-order chi connectivity index (χ1) is 16.5. The van der Waals surface area contributed by atoms with E-state index in [1.807, 2.05) is 20.8 Å². The molecular formula is C26H23BrClFN4O2. The summed E-state index contributed by atoms with van der Waals surface area (Å²) in [4.78, 5) is 26.8. The van der Waals surface area contributed by atoms with Crippen LogP contribution in [0, 0.1) is 12.7 Å². The van der Waals surface area contributed by atoms with Crippen LogP contribution >= 0.6 is 27.5 Å². The molecule has 3 aromatic heterocycles. The molecule has 6 nitrogen and oxygen atoms in total. The summed E-state index contributed by atoms with van der Waals surface area (Å²) in [6.07, 6.45) is 3.20. The molecule has 0 saturated heterocycles. The third-order valence-electron chi connectivity index (χ3n) is 5.27. The summed E-state index contributed by atoms with van der Waals surface area (Å²) in [6.45, 7) is 8.08. The minimum atomic E-state index is -0.337. The molecule has 0 fully saturated rings. The predicted molar refractivity (Wildman–Crippen MR) is 138 cm³/mol. The van der Waals surface area contributed by atoms with Crippen molar-refractivity contribution in [1.29, 1.82) is 0 Å². The van der Waals surface area contributed by atoms with E-state index in [-0.39, 0.29) is 27.9 Å². The lowest BCUT2D eigenvalue weighted by Crippen LogP contribution is -2.22. The number of hydrogen-bond donors (Lipinski definition) is 0. The summed E-state index contributed by atoms with van der Waals surface area (Å²) in [6, 6.07) is 11.2. The first-order valence-corrected chi connectivity index (χ1v) is 12.0. The molecule has 0 bridgehead atoms. The Morgan fingerprint density at radius 2 is 1.80 bits per heavy atom. The minimum absolute atomic E-state index is 0.186. The maximum Gasteiger partial charge on any atom is 0.273 e. The van der Waals surface area contributed by atoms with E-state index >= 15 is 0 Å². The monoisotopic (exact) mass is 556 g/mol. The van der Waals surface area contributed by atoms with Crippen molar-refractivity contribution in [3.05, 3.63) is 97.6 Å². The molecule has 9 heteroatoms. The van der Waals surface area contributed by atoms with Gasteiger partial charge in [0.2, 0.25) is 0 Å². The fourth-order valence-corrected chi connectivity index (χ4v) is 4.02. The lowest BCUT2D eigenvalue weighted by atomic mass is 9.95. The molecule has 1 aromatic carbocycles. The summed E-state index contributed by atoms with van der Waals surface area (Å²) >= 11 is 9.85. The van der Waals surface area contributed by atoms with Gasteiger partial charge in [-0.05, 0) is 52.7 Å². The molecule has 0 radical (unpaired) electrons. The van der Waals surface area contributed by atoms with Crippen LogP contribution in [0.1, 0.15) is 37.9 Å². The third kappa shape index (κ3) is 5.44. The van der Waals surface area contributed by atoms with Crippen LogP contribution in [0.3, 0.4) is 0 Å². The molecule has 0 spiro atoms. The van der Waals surface area contributed by atoms with Gasteiger partial charge < -0.3 is 4.74 Å². The molecule has 0 aliphatic heterocycles. The van der Waals surface area contributed by atoms with Crippen molar-refractivity contribution in [2.75, 3.05) is 0 Å². The van der Waals surface area contributed by atoms with Crippen LogP contribution in [0.15, 0.2) is 64.1 Å². The maximum absolute atomic E-state index is 13.3. The highest BCUT2D eigenvalue weighted by atomic mass is 79.9. The second-order valence-electron chi connectivity index (χ2n) is 9.06. The van der Waals surface area contributed by atoms with Gasteiger partial charge in [-0.25, -0.2) is 14.4 Å². The van der Waals surface area contributed by atoms with Crippen LogP contribution in [0.2, 0.25) is 5.02 Å². The van der Waals surface area contributed by atoms with Gasteiger partial charge in [0.25, 0.3) is 5.56 Å². The molecule has 4 aromatic rings. The minimum Gasteiger partial charge on any atom is -0.487 e. The lowest BCUT2D eigenvalue weighted by molar-refractivity contribution is 0.302. The van der Waals surface area contributed by atoms with E-state index in [9.17, 15) is 9.18 Å². The molecular weight excluding hydrogens is 535 g/mol. The zero-order chi connectivity index (χ0) is 25.3. The zero-order valence-corrected chi connectivity index (χ0v) is 22.0. The van der Waals surface area contributed by atoms with Crippen LogP contribution in [0.5, 0.6) is 5.75 Å². The zero-order valence-electron chi connectivity index (χ0n) is 19.6. The molecule has 0 saturated carbocycles. The van der Waals surface area contributed by atoms with Crippen molar-refractivity contribution in [3.8, 4) is 22.8 Å². The van der Waals surface area contributed by atoms with Crippen LogP contribution in [-0.2, 0) is 12.0 Å². The Kier molecular flexibility index (Phi) is 7.05. The highest BCUT2D eigenvalue weighted by Crippen LogP contribution is 2.29. The lowest BCUT2D eigenvalue weighted by Gasteiger charge is -2.18. The molecule has 0 aliphatic rings. The van der Waals surface area contributed by atoms with Gasteiger partial charge in [-0.15, -0.1) is 0 Å². The van der Waals surface area contributed by atoms with E-state index < -0.39 is 0 Å². The molecule has 180 valence electrons. The van der Waals surface area contributed by atoms with Crippen molar-refractivity contribution in [2.45, 2.75) is 39.7 Å². The molecule has 35 heavy (non-hydrogen) atoms. The van der Waals surface area contributed by atoms with Gasteiger partial charge >= 0.3 is 0 Å². The van der Waals surface area contributed by atoms with E-state index in [1.54, 1.807) is 43.5 Å². The quantitative estimate of drug-likeness (QED) is 0.283. The number of nitrogens with zero attached hydrogens (tertiary/aromatic N) is 4. The fourth-order valence-electron chi connectivity index (χ4n) is 3.43. The SMILES string of the molecule is Cc1cc(OCc2ccc(F)cc2)c(Br)c(=O)n1-c1cc(-c2ccnc(C(C)(C)C)n2)ncc1Cl. The smallest absolute Gasteiger partial charge is 0.273 e. The second-order valence-corrected chi connectivity index (χ2v) is 10.3. The molecule has 0 unspecified atom stereocenters. The number of halogens is 3. The maximum atomic E-state index is 13.3. The van der Waals surface area contributed by atoms with Gasteiger partial charge in [-0.1, -0.05) is 44.5 Å². The molecule has 4 rings (SSSR count). The Labute approximate surface area is 215 Å². The predicted octanol–water partition coefficient (Wildman–Crippen LogP) is 6.43. The first-order valence-electron chi connectivity index (χ1n) is 10.8. The van der Waals surface area contributed by atoms with E-state index in [4.69, 9.17) is 16.3 Å². The topological polar surface area (TPSA) is 69.9 Å². The number of rotatable bonds is 5. The van der Waals surface area contributed by atoms with Gasteiger partial charge in [-0.2, -0.15) is 0 Å². The summed E-state index contributed by atoms with van der Waals surface area (Å²) < 4.78 is 20.7. The number of hydrogen-bond acceptors (Lipinski definition) is 5. The Bertz CT molecular complexity index is 1450. The van der Waals surface area contributed by atoms with Crippen LogP contribution in [0.25, 0.3) is 17.1 Å². The van der Waals surface area contributed by atoms with E-state index in [0.717, 1.165) is 5.56 Å². The van der Waals surface area contributed by atoms with Crippen LogP contribution in [-0.4, -0.2) is 19.5 Å². The molecule has 0 N–H and O–H groups in total. The van der Waals surface area contributed by atoms with Gasteiger partial charge in [0.15, 0.2) is 0 Å². The highest BCUT2D eigenvalue weighted by molar-refractivity contribution is 9.10. The molecule has 0 aliphatic carbocycles. The number of aromatic nitrogens is 4. The van der Waals surface area contributed by atoms with Gasteiger partial charge in [-0.3, -0.25) is 14.3 Å². The number of ether oxygens (including phenoxy) is 1. The van der Waals surface area contributed by atoms with Crippen LogP contribution in [0.4, 0.5) is 4.39 Å². The highest BCUT2D eigenvalue weighted by Gasteiger charge is 2.20. The molecule has 0 amide bonds. The fraction of sp³-hybridized carbons (Fsp3) is 0.231. The normalized spacial score (nSPS) is 11.5. The third-order valence-corrected chi connectivity index (χ3v) is 6.29. The number of benzene rings is 1. The van der Waals surface area contributed by atoms with E-state index in [0.29, 0.717) is 39.4 Å². The van der Waals surface area contributed by atoms with Crippen molar-refractivity contribution in [1.82, 2.24) is 19.5 Å². The Balaban J connectivity index is 1.72. The summed E-state index contributed by atoms with van der Waals surface area (Å²) in [5.41, 5.74) is 2.50.